The molecule has 4 N–H and O–H groups in total. The lowest BCUT2D eigenvalue weighted by molar-refractivity contribution is 0.100. The lowest BCUT2D eigenvalue weighted by Crippen LogP contribution is -2.11. The van der Waals surface area contributed by atoms with Gasteiger partial charge in [-0.15, -0.1) is 11.8 Å². The zero-order chi connectivity index (χ0) is 13.1. The Morgan fingerprint density at radius 1 is 1.41 bits per heavy atom. The standard InChI is InChI=1S/C10H14N2O3S2/c1-17(14,15)5-4-16-9-3-2-7(10(12)13)6-8(9)11/h2-3,6H,4-5,11H2,1H3,(H2,12,13). The number of primary amides is 1. The van der Waals surface area contributed by atoms with Crippen LogP contribution in [0.5, 0.6) is 0 Å². The summed E-state index contributed by atoms with van der Waals surface area (Å²) in [4.78, 5) is 11.6. The van der Waals surface area contributed by atoms with Crippen molar-refractivity contribution in [1.82, 2.24) is 0 Å². The van der Waals surface area contributed by atoms with Crippen molar-refractivity contribution in [2.45, 2.75) is 4.90 Å². The van der Waals surface area contributed by atoms with Crippen molar-refractivity contribution in [2.24, 2.45) is 5.73 Å². The van der Waals surface area contributed by atoms with Crippen LogP contribution in [0.4, 0.5) is 5.69 Å². The van der Waals surface area contributed by atoms with Gasteiger partial charge in [0.2, 0.25) is 5.91 Å². The average Bonchev–Trinajstić information content (AvgIpc) is 2.18. The number of hydrogen-bond acceptors (Lipinski definition) is 5. The Morgan fingerprint density at radius 3 is 2.53 bits per heavy atom. The molecule has 0 radical (unpaired) electrons. The SMILES string of the molecule is CS(=O)(=O)CCSc1ccc(C(N)=O)cc1N. The van der Waals surface area contributed by atoms with Crippen LogP contribution in [0.15, 0.2) is 23.1 Å². The Labute approximate surface area is 104 Å². The number of thioether (sulfide) groups is 1. The third-order valence-corrected chi connectivity index (χ3v) is 4.30. The van der Waals surface area contributed by atoms with Crippen molar-refractivity contribution in [2.75, 3.05) is 23.5 Å². The zero-order valence-electron chi connectivity index (χ0n) is 9.34. The largest absolute Gasteiger partial charge is 0.398 e. The van der Waals surface area contributed by atoms with Crippen LogP contribution in [0.3, 0.4) is 0 Å². The summed E-state index contributed by atoms with van der Waals surface area (Å²) in [6.07, 6.45) is 1.19. The summed E-state index contributed by atoms with van der Waals surface area (Å²) in [6, 6.07) is 4.73. The molecule has 1 aromatic carbocycles. The first kappa shape index (κ1) is 13.9. The molecule has 17 heavy (non-hydrogen) atoms. The monoisotopic (exact) mass is 274 g/mol. The number of benzene rings is 1. The Balaban J connectivity index is 2.70. The molecular weight excluding hydrogens is 260 g/mol. The van der Waals surface area contributed by atoms with Crippen LogP contribution in [-0.2, 0) is 9.84 Å². The summed E-state index contributed by atoms with van der Waals surface area (Å²) in [6.45, 7) is 0. The first-order chi connectivity index (χ1) is 7.79. The van der Waals surface area contributed by atoms with E-state index in [0.29, 0.717) is 17.0 Å². The lowest BCUT2D eigenvalue weighted by atomic mass is 10.2. The van der Waals surface area contributed by atoms with E-state index in [2.05, 4.69) is 0 Å². The molecule has 0 aliphatic rings. The van der Waals surface area contributed by atoms with Crippen LogP contribution >= 0.6 is 11.8 Å². The maximum absolute atomic E-state index is 10.9. The second kappa shape index (κ2) is 5.42. The number of nitrogens with two attached hydrogens (primary N) is 2. The van der Waals surface area contributed by atoms with Crippen LogP contribution in [0, 0.1) is 0 Å². The van der Waals surface area contributed by atoms with Gasteiger partial charge in [-0.2, -0.15) is 0 Å². The minimum absolute atomic E-state index is 0.0919. The average molecular weight is 274 g/mol. The summed E-state index contributed by atoms with van der Waals surface area (Å²) in [7, 11) is -2.96. The van der Waals surface area contributed by atoms with E-state index in [1.807, 2.05) is 0 Å². The van der Waals surface area contributed by atoms with Gasteiger partial charge >= 0.3 is 0 Å². The minimum Gasteiger partial charge on any atom is -0.398 e. The highest BCUT2D eigenvalue weighted by atomic mass is 32.2. The maximum Gasteiger partial charge on any atom is 0.248 e. The molecule has 1 amide bonds. The molecule has 1 aromatic rings. The highest BCUT2D eigenvalue weighted by Crippen LogP contribution is 2.25. The highest BCUT2D eigenvalue weighted by Gasteiger charge is 2.07. The van der Waals surface area contributed by atoms with E-state index in [0.717, 1.165) is 4.90 Å². The van der Waals surface area contributed by atoms with Crippen LogP contribution < -0.4 is 11.5 Å². The summed E-state index contributed by atoms with van der Waals surface area (Å²) in [5, 5.41) is 0. The molecule has 0 atom stereocenters. The van der Waals surface area contributed by atoms with E-state index in [9.17, 15) is 13.2 Å². The van der Waals surface area contributed by atoms with E-state index in [1.165, 1.54) is 24.1 Å². The molecule has 94 valence electrons. The van der Waals surface area contributed by atoms with Gasteiger partial charge in [0.15, 0.2) is 0 Å². The highest BCUT2D eigenvalue weighted by molar-refractivity contribution is 8.00. The quantitative estimate of drug-likeness (QED) is 0.601. The molecule has 0 saturated carbocycles. The molecule has 0 bridgehead atoms. The number of sulfone groups is 1. The molecule has 0 aromatic heterocycles. The molecule has 0 aliphatic heterocycles. The van der Waals surface area contributed by atoms with Crippen molar-refractivity contribution in [3.05, 3.63) is 23.8 Å². The fourth-order valence-corrected chi connectivity index (χ4v) is 3.29. The third kappa shape index (κ3) is 4.66. The number of amides is 1. The van der Waals surface area contributed by atoms with E-state index < -0.39 is 15.7 Å². The zero-order valence-corrected chi connectivity index (χ0v) is 11.0. The number of hydrogen-bond donors (Lipinski definition) is 2. The molecule has 0 aliphatic carbocycles. The van der Waals surface area contributed by atoms with Crippen molar-refractivity contribution in [3.8, 4) is 0 Å². The lowest BCUT2D eigenvalue weighted by Gasteiger charge is -2.06. The molecule has 0 spiro atoms. The molecule has 1 rings (SSSR count). The van der Waals surface area contributed by atoms with Crippen LogP contribution in [0.1, 0.15) is 10.4 Å². The second-order valence-corrected chi connectivity index (χ2v) is 6.99. The first-order valence-electron chi connectivity index (χ1n) is 4.79. The summed E-state index contributed by atoms with van der Waals surface area (Å²) in [5.74, 6) is -0.0161. The fraction of sp³-hybridized carbons (Fsp3) is 0.300. The smallest absolute Gasteiger partial charge is 0.248 e. The van der Waals surface area contributed by atoms with Crippen LogP contribution in [0.25, 0.3) is 0 Å². The van der Waals surface area contributed by atoms with Crippen molar-refractivity contribution in [1.29, 1.82) is 0 Å². The molecule has 0 unspecified atom stereocenters. The van der Waals surface area contributed by atoms with E-state index in [-0.39, 0.29) is 5.75 Å². The van der Waals surface area contributed by atoms with Crippen molar-refractivity contribution >= 4 is 33.2 Å². The van der Waals surface area contributed by atoms with Gasteiger partial charge in [0.25, 0.3) is 0 Å². The van der Waals surface area contributed by atoms with Gasteiger partial charge in [0.1, 0.15) is 9.84 Å². The van der Waals surface area contributed by atoms with Gasteiger partial charge in [0, 0.05) is 28.2 Å². The number of carbonyl (C=O) groups is 1. The van der Waals surface area contributed by atoms with Gasteiger partial charge in [-0.25, -0.2) is 8.42 Å². The number of rotatable bonds is 5. The van der Waals surface area contributed by atoms with Crippen molar-refractivity contribution < 1.29 is 13.2 Å². The fourth-order valence-electron chi connectivity index (χ4n) is 1.14. The Morgan fingerprint density at radius 2 is 2.06 bits per heavy atom. The van der Waals surface area contributed by atoms with Crippen molar-refractivity contribution in [3.63, 3.8) is 0 Å². The number of anilines is 1. The molecule has 5 nitrogen and oxygen atoms in total. The number of carbonyl (C=O) groups excluding carboxylic acids is 1. The normalized spacial score (nSPS) is 11.4. The minimum atomic E-state index is -2.96. The third-order valence-electron chi connectivity index (χ3n) is 2.01. The first-order valence-corrected chi connectivity index (χ1v) is 7.84. The van der Waals surface area contributed by atoms with E-state index in [1.54, 1.807) is 12.1 Å². The molecule has 0 fully saturated rings. The summed E-state index contributed by atoms with van der Waals surface area (Å²) < 4.78 is 21.9. The Kier molecular flexibility index (Phi) is 4.41. The van der Waals surface area contributed by atoms with Gasteiger partial charge in [-0.1, -0.05) is 0 Å². The topological polar surface area (TPSA) is 103 Å². The predicted octanol–water partition coefficient (Wildman–Crippen LogP) is 0.504. The van der Waals surface area contributed by atoms with E-state index in [4.69, 9.17) is 11.5 Å². The van der Waals surface area contributed by atoms with Gasteiger partial charge in [0.05, 0.1) is 5.75 Å². The summed E-state index contributed by atoms with van der Waals surface area (Å²) >= 11 is 1.34. The maximum atomic E-state index is 10.9. The van der Waals surface area contributed by atoms with Crippen LogP contribution in [-0.4, -0.2) is 32.1 Å². The second-order valence-electron chi connectivity index (χ2n) is 3.60. The molecule has 0 heterocycles. The molecule has 7 heteroatoms. The molecule has 0 saturated heterocycles. The van der Waals surface area contributed by atoms with E-state index >= 15 is 0 Å². The molecular formula is C10H14N2O3S2. The van der Waals surface area contributed by atoms with Crippen LogP contribution in [0.2, 0.25) is 0 Å². The van der Waals surface area contributed by atoms with Gasteiger partial charge < -0.3 is 11.5 Å². The Hall–Kier alpha value is -1.21. The Bertz CT molecular complexity index is 526. The summed E-state index contributed by atoms with van der Waals surface area (Å²) in [5.41, 5.74) is 11.6. The number of nitrogen functional groups attached to an aromatic ring is 1. The van der Waals surface area contributed by atoms with Gasteiger partial charge in [-0.3, -0.25) is 4.79 Å². The van der Waals surface area contributed by atoms with Gasteiger partial charge in [-0.05, 0) is 18.2 Å². The predicted molar refractivity (Wildman–Crippen MR) is 69.8 cm³/mol.